The second kappa shape index (κ2) is 7.37. The molecule has 0 unspecified atom stereocenters. The molecule has 0 spiro atoms. The van der Waals surface area contributed by atoms with Gasteiger partial charge in [-0.15, -0.1) is 0 Å². The predicted molar refractivity (Wildman–Crippen MR) is 104 cm³/mol. The summed E-state index contributed by atoms with van der Waals surface area (Å²) < 4.78 is 15.9. The number of para-hydroxylation sites is 1. The fraction of sp³-hybridized carbons (Fsp3) is 0.143. The van der Waals surface area contributed by atoms with Gasteiger partial charge >= 0.3 is 11.6 Å². The third-order valence-corrected chi connectivity index (χ3v) is 4.08. The van der Waals surface area contributed by atoms with Crippen molar-refractivity contribution in [1.82, 2.24) is 0 Å². The van der Waals surface area contributed by atoms with Crippen LogP contribution < -0.4 is 20.0 Å². The Morgan fingerprint density at radius 2 is 1.85 bits per heavy atom. The van der Waals surface area contributed by atoms with Crippen LogP contribution in [-0.2, 0) is 4.79 Å². The molecule has 3 rings (SSSR count). The van der Waals surface area contributed by atoms with Crippen molar-refractivity contribution in [2.45, 2.75) is 6.92 Å². The number of benzene rings is 2. The van der Waals surface area contributed by atoms with Crippen molar-refractivity contribution < 1.29 is 18.7 Å². The van der Waals surface area contributed by atoms with E-state index in [4.69, 9.17) is 13.9 Å². The highest BCUT2D eigenvalue weighted by Gasteiger charge is 2.16. The third kappa shape index (κ3) is 3.69. The van der Waals surface area contributed by atoms with Gasteiger partial charge in [0.25, 0.3) is 0 Å². The Hall–Kier alpha value is -3.54. The van der Waals surface area contributed by atoms with E-state index in [2.05, 4.69) is 6.58 Å². The Bertz CT molecular complexity index is 1080. The summed E-state index contributed by atoms with van der Waals surface area (Å²) in [6, 6.07) is 13.9. The molecule has 0 bridgehead atoms. The van der Waals surface area contributed by atoms with E-state index in [9.17, 15) is 9.59 Å². The first-order valence-electron chi connectivity index (χ1n) is 8.23. The molecule has 0 saturated carbocycles. The molecule has 27 heavy (non-hydrogen) atoms. The summed E-state index contributed by atoms with van der Waals surface area (Å²) in [7, 11) is 3.31. The Morgan fingerprint density at radius 1 is 1.11 bits per heavy atom. The Morgan fingerprint density at radius 3 is 2.56 bits per heavy atom. The van der Waals surface area contributed by atoms with Gasteiger partial charge in [-0.2, -0.15) is 0 Å². The van der Waals surface area contributed by atoms with Crippen LogP contribution in [0.3, 0.4) is 0 Å². The molecule has 0 aliphatic heterocycles. The molecule has 0 radical (unpaired) electrons. The number of anilines is 2. The molecule has 3 aromatic rings. The monoisotopic (exact) mass is 365 g/mol. The molecule has 0 amide bonds. The topological polar surface area (TPSA) is 69.0 Å². The summed E-state index contributed by atoms with van der Waals surface area (Å²) in [5.74, 6) is 0.139. The molecular weight excluding hydrogens is 346 g/mol. The van der Waals surface area contributed by atoms with Gasteiger partial charge in [0.1, 0.15) is 5.58 Å². The van der Waals surface area contributed by atoms with Gasteiger partial charge in [0, 0.05) is 35.8 Å². The number of carbonyl (C=O) groups excluding carboxylic acids is 1. The van der Waals surface area contributed by atoms with Crippen LogP contribution in [0.2, 0.25) is 0 Å². The highest BCUT2D eigenvalue weighted by molar-refractivity contribution is 5.93. The van der Waals surface area contributed by atoms with Crippen molar-refractivity contribution in [3.05, 3.63) is 71.1 Å². The smallest absolute Gasteiger partial charge is 0.338 e. The first-order valence-corrected chi connectivity index (χ1v) is 8.23. The molecule has 6 nitrogen and oxygen atoms in total. The maximum absolute atomic E-state index is 11.9. The number of hydrogen-bond acceptors (Lipinski definition) is 6. The van der Waals surface area contributed by atoms with Gasteiger partial charge < -0.3 is 18.8 Å². The summed E-state index contributed by atoms with van der Waals surface area (Å²) >= 11 is 0. The third-order valence-electron chi connectivity index (χ3n) is 4.08. The first kappa shape index (κ1) is 18.3. The number of nitrogens with zero attached hydrogens (tertiary/aromatic N) is 1. The van der Waals surface area contributed by atoms with E-state index >= 15 is 0 Å². The van der Waals surface area contributed by atoms with Gasteiger partial charge in [-0.1, -0.05) is 18.7 Å². The summed E-state index contributed by atoms with van der Waals surface area (Å²) in [6.07, 6.45) is 0. The Labute approximate surface area is 156 Å². The normalized spacial score (nSPS) is 10.5. The quantitative estimate of drug-likeness (QED) is 0.294. The average Bonchev–Trinajstić information content (AvgIpc) is 2.66. The minimum Gasteiger partial charge on any atom is -0.493 e. The molecule has 0 aliphatic rings. The highest BCUT2D eigenvalue weighted by Crippen LogP contribution is 2.36. The van der Waals surface area contributed by atoms with Crippen LogP contribution in [0.15, 0.2) is 69.9 Å². The van der Waals surface area contributed by atoms with E-state index in [0.29, 0.717) is 22.7 Å². The van der Waals surface area contributed by atoms with E-state index in [-0.39, 0.29) is 11.3 Å². The summed E-state index contributed by atoms with van der Waals surface area (Å²) in [6.45, 7) is 5.15. The average molecular weight is 365 g/mol. The standard InChI is InChI=1S/C21H19NO5/c1-13(2)21(24)27-19-11-14(9-10-18(19)25-4)22(3)16-12-20(23)26-17-8-6-5-7-15(16)17/h5-12H,1H2,2-4H3. The van der Waals surface area contributed by atoms with Gasteiger partial charge in [0.05, 0.1) is 12.8 Å². The van der Waals surface area contributed by atoms with Gasteiger partial charge in [0.15, 0.2) is 11.5 Å². The molecule has 138 valence electrons. The van der Waals surface area contributed by atoms with Crippen molar-refractivity contribution >= 4 is 28.3 Å². The lowest BCUT2D eigenvalue weighted by atomic mass is 10.1. The molecule has 0 N–H and O–H groups in total. The predicted octanol–water partition coefficient (Wildman–Crippen LogP) is 4.05. The summed E-state index contributed by atoms with van der Waals surface area (Å²) in [5, 5.41) is 0.788. The Balaban J connectivity index is 2.08. The van der Waals surface area contributed by atoms with Gasteiger partial charge in [0.2, 0.25) is 0 Å². The molecular formula is C21H19NO5. The van der Waals surface area contributed by atoms with Gasteiger partial charge in [-0.3, -0.25) is 0 Å². The molecule has 6 heteroatoms. The molecule has 0 atom stereocenters. The zero-order valence-corrected chi connectivity index (χ0v) is 15.3. The van der Waals surface area contributed by atoms with E-state index < -0.39 is 11.6 Å². The van der Waals surface area contributed by atoms with Gasteiger partial charge in [-0.25, -0.2) is 9.59 Å². The lowest BCUT2D eigenvalue weighted by Gasteiger charge is -2.22. The van der Waals surface area contributed by atoms with Crippen LogP contribution in [0.5, 0.6) is 11.5 Å². The maximum atomic E-state index is 11.9. The van der Waals surface area contributed by atoms with Crippen LogP contribution in [0.25, 0.3) is 11.0 Å². The fourth-order valence-electron chi connectivity index (χ4n) is 2.65. The number of fused-ring (bicyclic) bond motifs is 1. The fourth-order valence-corrected chi connectivity index (χ4v) is 2.65. The summed E-state index contributed by atoms with van der Waals surface area (Å²) in [5.41, 5.74) is 1.70. The second-order valence-corrected chi connectivity index (χ2v) is 6.01. The lowest BCUT2D eigenvalue weighted by Crippen LogP contribution is -2.14. The van der Waals surface area contributed by atoms with Crippen LogP contribution in [0, 0.1) is 0 Å². The number of ether oxygens (including phenoxy) is 2. The van der Waals surface area contributed by atoms with Gasteiger partial charge in [-0.05, 0) is 31.2 Å². The molecule has 0 aliphatic carbocycles. The summed E-state index contributed by atoms with van der Waals surface area (Å²) in [4.78, 5) is 25.7. The maximum Gasteiger partial charge on any atom is 0.338 e. The minimum absolute atomic E-state index is 0.266. The number of esters is 1. The van der Waals surface area contributed by atoms with Crippen molar-refractivity contribution in [2.24, 2.45) is 0 Å². The lowest BCUT2D eigenvalue weighted by molar-refractivity contribution is -0.130. The molecule has 1 heterocycles. The number of carbonyl (C=O) groups is 1. The van der Waals surface area contributed by atoms with E-state index in [1.165, 1.54) is 13.2 Å². The van der Waals surface area contributed by atoms with Crippen molar-refractivity contribution in [3.8, 4) is 11.5 Å². The first-order chi connectivity index (χ1) is 12.9. The van der Waals surface area contributed by atoms with Crippen molar-refractivity contribution in [3.63, 3.8) is 0 Å². The zero-order valence-electron chi connectivity index (χ0n) is 15.3. The highest BCUT2D eigenvalue weighted by atomic mass is 16.6. The van der Waals surface area contributed by atoms with Crippen LogP contribution in [-0.4, -0.2) is 20.1 Å². The van der Waals surface area contributed by atoms with Crippen molar-refractivity contribution in [1.29, 1.82) is 0 Å². The van der Waals surface area contributed by atoms with Crippen LogP contribution >= 0.6 is 0 Å². The number of hydrogen-bond donors (Lipinski definition) is 0. The van der Waals surface area contributed by atoms with Crippen LogP contribution in [0.4, 0.5) is 11.4 Å². The molecule has 2 aromatic carbocycles. The second-order valence-electron chi connectivity index (χ2n) is 6.01. The Kier molecular flexibility index (Phi) is 4.98. The number of methoxy groups -OCH3 is 1. The molecule has 0 saturated heterocycles. The zero-order chi connectivity index (χ0) is 19.6. The van der Waals surface area contributed by atoms with Crippen LogP contribution in [0.1, 0.15) is 6.92 Å². The van der Waals surface area contributed by atoms with Crippen molar-refractivity contribution in [2.75, 3.05) is 19.1 Å². The molecule has 0 fully saturated rings. The minimum atomic E-state index is -0.543. The van der Waals surface area contributed by atoms with E-state index in [1.807, 2.05) is 24.1 Å². The van der Waals surface area contributed by atoms with E-state index in [1.54, 1.807) is 37.3 Å². The van der Waals surface area contributed by atoms with E-state index in [0.717, 1.165) is 5.39 Å². The SMILES string of the molecule is C=C(C)C(=O)Oc1cc(N(C)c2cc(=O)oc3ccccc23)ccc1OC. The molecule has 1 aromatic heterocycles. The number of rotatable bonds is 5. The largest absolute Gasteiger partial charge is 0.493 e.